The highest BCUT2D eigenvalue weighted by atomic mass is 16.3. The second-order valence-electron chi connectivity index (χ2n) is 5.58. The summed E-state index contributed by atoms with van der Waals surface area (Å²) in [5.74, 6) is 1.25. The number of benzene rings is 1. The molecule has 0 bridgehead atoms. The van der Waals surface area contributed by atoms with Gasteiger partial charge in [-0.05, 0) is 31.2 Å². The van der Waals surface area contributed by atoms with Gasteiger partial charge in [-0.1, -0.05) is 18.2 Å². The fourth-order valence-electron chi connectivity index (χ4n) is 3.04. The maximum Gasteiger partial charge on any atom is 0.123 e. The number of nitrogens with one attached hydrogen (secondary N) is 1. The molecule has 2 aliphatic rings. The van der Waals surface area contributed by atoms with Crippen LogP contribution in [0.4, 0.5) is 0 Å². The molecule has 3 rings (SSSR count). The van der Waals surface area contributed by atoms with Crippen molar-refractivity contribution in [2.75, 3.05) is 26.2 Å². The first-order valence-electron chi connectivity index (χ1n) is 7.00. The topological polar surface area (TPSA) is 35.5 Å². The molecule has 1 atom stereocenters. The molecule has 3 nitrogen and oxygen atoms in total. The summed E-state index contributed by atoms with van der Waals surface area (Å²) >= 11 is 0. The van der Waals surface area contributed by atoms with Crippen molar-refractivity contribution >= 4 is 0 Å². The van der Waals surface area contributed by atoms with Crippen molar-refractivity contribution in [3.8, 4) is 5.75 Å². The number of hydrogen-bond donors (Lipinski definition) is 2. The minimum absolute atomic E-state index is 0.423. The highest BCUT2D eigenvalue weighted by Crippen LogP contribution is 2.47. The molecule has 1 aliphatic heterocycles. The van der Waals surface area contributed by atoms with Gasteiger partial charge in [0.05, 0.1) is 0 Å². The third-order valence-corrected chi connectivity index (χ3v) is 4.20. The Hall–Kier alpha value is -1.06. The van der Waals surface area contributed by atoms with Crippen molar-refractivity contribution in [3.05, 3.63) is 29.3 Å². The summed E-state index contributed by atoms with van der Waals surface area (Å²) in [6.45, 7) is 6.30. The predicted octanol–water partition coefficient (Wildman–Crippen LogP) is 2.06. The molecule has 2 N–H and O–H groups in total. The Morgan fingerprint density at radius 2 is 2.00 bits per heavy atom. The number of phenolic OH excluding ortho intramolecular Hbond substituents is 1. The Labute approximate surface area is 109 Å². The molecule has 18 heavy (non-hydrogen) atoms. The third kappa shape index (κ3) is 2.25. The number of para-hydroxylation sites is 1. The van der Waals surface area contributed by atoms with Gasteiger partial charge in [0, 0.05) is 37.8 Å². The van der Waals surface area contributed by atoms with Crippen LogP contribution in [0.25, 0.3) is 0 Å². The van der Waals surface area contributed by atoms with Gasteiger partial charge in [-0.15, -0.1) is 0 Å². The molecule has 1 aliphatic carbocycles. The van der Waals surface area contributed by atoms with Crippen molar-refractivity contribution in [3.63, 3.8) is 0 Å². The zero-order valence-electron chi connectivity index (χ0n) is 11.0. The lowest BCUT2D eigenvalue weighted by Gasteiger charge is -2.36. The molecule has 1 aromatic carbocycles. The maximum atomic E-state index is 10.3. The van der Waals surface area contributed by atoms with E-state index in [1.807, 2.05) is 13.0 Å². The van der Waals surface area contributed by atoms with Crippen LogP contribution in [0.1, 0.15) is 30.0 Å². The summed E-state index contributed by atoms with van der Waals surface area (Å²) in [7, 11) is 0. The Balaban J connectivity index is 1.90. The van der Waals surface area contributed by atoms with E-state index in [0.717, 1.165) is 43.2 Å². The van der Waals surface area contributed by atoms with Crippen LogP contribution in [0.15, 0.2) is 18.2 Å². The lowest BCUT2D eigenvalue weighted by atomic mass is 9.97. The molecular formula is C15H22N2O. The predicted molar refractivity (Wildman–Crippen MR) is 72.8 cm³/mol. The fourth-order valence-corrected chi connectivity index (χ4v) is 3.04. The van der Waals surface area contributed by atoms with E-state index in [9.17, 15) is 5.11 Å². The second kappa shape index (κ2) is 4.90. The van der Waals surface area contributed by atoms with E-state index in [1.54, 1.807) is 0 Å². The summed E-state index contributed by atoms with van der Waals surface area (Å²) in [5.41, 5.74) is 2.13. The molecule has 3 heteroatoms. The van der Waals surface area contributed by atoms with Crippen molar-refractivity contribution < 1.29 is 5.11 Å². The summed E-state index contributed by atoms with van der Waals surface area (Å²) in [6.07, 6.45) is 2.62. The number of aromatic hydroxyl groups is 1. The minimum Gasteiger partial charge on any atom is -0.507 e. The van der Waals surface area contributed by atoms with E-state index >= 15 is 0 Å². The van der Waals surface area contributed by atoms with Gasteiger partial charge in [0.2, 0.25) is 0 Å². The van der Waals surface area contributed by atoms with Crippen LogP contribution in [-0.2, 0) is 0 Å². The van der Waals surface area contributed by atoms with E-state index in [4.69, 9.17) is 0 Å². The largest absolute Gasteiger partial charge is 0.507 e. The Bertz CT molecular complexity index is 423. The monoisotopic (exact) mass is 246 g/mol. The highest BCUT2D eigenvalue weighted by Gasteiger charge is 2.38. The summed E-state index contributed by atoms with van der Waals surface area (Å²) in [6, 6.07) is 6.59. The lowest BCUT2D eigenvalue weighted by molar-refractivity contribution is 0.153. The molecule has 0 amide bonds. The van der Waals surface area contributed by atoms with Gasteiger partial charge in [-0.3, -0.25) is 4.90 Å². The molecule has 1 saturated carbocycles. The van der Waals surface area contributed by atoms with Gasteiger partial charge >= 0.3 is 0 Å². The Morgan fingerprint density at radius 3 is 2.67 bits per heavy atom. The first kappa shape index (κ1) is 12.0. The van der Waals surface area contributed by atoms with Gasteiger partial charge in [0.1, 0.15) is 5.75 Å². The number of hydrogen-bond acceptors (Lipinski definition) is 3. The summed E-state index contributed by atoms with van der Waals surface area (Å²) < 4.78 is 0. The fraction of sp³-hybridized carbons (Fsp3) is 0.600. The van der Waals surface area contributed by atoms with E-state index in [-0.39, 0.29) is 0 Å². The average molecular weight is 246 g/mol. The van der Waals surface area contributed by atoms with Crippen LogP contribution in [0, 0.1) is 12.8 Å². The average Bonchev–Trinajstić information content (AvgIpc) is 3.21. The quantitative estimate of drug-likeness (QED) is 0.857. The molecule has 0 radical (unpaired) electrons. The number of piperazine rings is 1. The molecule has 1 aromatic rings. The van der Waals surface area contributed by atoms with Crippen LogP contribution in [0.2, 0.25) is 0 Å². The normalized spacial score (nSPS) is 22.9. The SMILES string of the molecule is Cc1cccc([C@H](C2CC2)N2CCNCC2)c1O. The number of aryl methyl sites for hydroxylation is 1. The smallest absolute Gasteiger partial charge is 0.123 e. The van der Waals surface area contributed by atoms with Crippen LogP contribution in [0.3, 0.4) is 0 Å². The summed E-state index contributed by atoms with van der Waals surface area (Å²) in [4.78, 5) is 2.54. The number of rotatable bonds is 3. The Morgan fingerprint density at radius 1 is 1.28 bits per heavy atom. The standard InChI is InChI=1S/C15H22N2O/c1-11-3-2-4-13(15(11)18)14(12-5-6-12)17-9-7-16-8-10-17/h2-4,12,14,16,18H,5-10H2,1H3/t14-/m0/s1. The van der Waals surface area contributed by atoms with Gasteiger partial charge < -0.3 is 10.4 Å². The first-order valence-corrected chi connectivity index (χ1v) is 7.00. The number of phenols is 1. The van der Waals surface area contributed by atoms with Crippen molar-refractivity contribution in [1.82, 2.24) is 10.2 Å². The maximum absolute atomic E-state index is 10.3. The second-order valence-corrected chi connectivity index (χ2v) is 5.58. The molecule has 2 fully saturated rings. The van der Waals surface area contributed by atoms with Gasteiger partial charge in [-0.25, -0.2) is 0 Å². The van der Waals surface area contributed by atoms with Crippen molar-refractivity contribution in [1.29, 1.82) is 0 Å². The molecule has 0 unspecified atom stereocenters. The number of nitrogens with zero attached hydrogens (tertiary/aromatic N) is 1. The van der Waals surface area contributed by atoms with E-state index < -0.39 is 0 Å². The third-order valence-electron chi connectivity index (χ3n) is 4.20. The highest BCUT2D eigenvalue weighted by molar-refractivity contribution is 5.42. The Kier molecular flexibility index (Phi) is 3.27. The molecule has 1 saturated heterocycles. The summed E-state index contributed by atoms with van der Waals surface area (Å²) in [5, 5.41) is 13.7. The van der Waals surface area contributed by atoms with Crippen molar-refractivity contribution in [2.24, 2.45) is 5.92 Å². The van der Waals surface area contributed by atoms with Crippen LogP contribution >= 0.6 is 0 Å². The van der Waals surface area contributed by atoms with Gasteiger partial charge in [0.25, 0.3) is 0 Å². The molecule has 0 spiro atoms. The van der Waals surface area contributed by atoms with E-state index in [1.165, 1.54) is 12.8 Å². The molecule has 1 heterocycles. The molecule has 0 aromatic heterocycles. The van der Waals surface area contributed by atoms with Gasteiger partial charge in [0.15, 0.2) is 0 Å². The van der Waals surface area contributed by atoms with Crippen LogP contribution < -0.4 is 5.32 Å². The van der Waals surface area contributed by atoms with Crippen LogP contribution in [-0.4, -0.2) is 36.2 Å². The van der Waals surface area contributed by atoms with E-state index in [0.29, 0.717) is 11.8 Å². The molecule has 98 valence electrons. The molecular weight excluding hydrogens is 224 g/mol. The first-order chi connectivity index (χ1) is 8.77. The zero-order chi connectivity index (χ0) is 12.5. The van der Waals surface area contributed by atoms with Crippen molar-refractivity contribution in [2.45, 2.75) is 25.8 Å². The zero-order valence-corrected chi connectivity index (χ0v) is 11.0. The van der Waals surface area contributed by atoms with Gasteiger partial charge in [-0.2, -0.15) is 0 Å². The van der Waals surface area contributed by atoms with Crippen LogP contribution in [0.5, 0.6) is 5.75 Å². The van der Waals surface area contributed by atoms with E-state index in [2.05, 4.69) is 22.3 Å². The minimum atomic E-state index is 0.423. The lowest BCUT2D eigenvalue weighted by Crippen LogP contribution is -2.45.